The summed E-state index contributed by atoms with van der Waals surface area (Å²) in [6.07, 6.45) is 0. The van der Waals surface area contributed by atoms with Gasteiger partial charge in [-0.3, -0.25) is 0 Å². The van der Waals surface area contributed by atoms with E-state index in [1.807, 2.05) is 0 Å². The maximum absolute atomic E-state index is 2.37. The first kappa shape index (κ1) is 21.2. The Morgan fingerprint density at radius 1 is 0.552 bits per heavy atom. The molecule has 152 valence electrons. The second-order valence-electron chi connectivity index (χ2n) is 10.2. The van der Waals surface area contributed by atoms with Gasteiger partial charge in [-0.05, 0) is 71.7 Å². The fourth-order valence-electron chi connectivity index (χ4n) is 3.70. The summed E-state index contributed by atoms with van der Waals surface area (Å²) < 4.78 is 0. The highest BCUT2D eigenvalue weighted by Gasteiger charge is 2.19. The molecule has 0 fully saturated rings. The van der Waals surface area contributed by atoms with Crippen LogP contribution in [0.4, 0.5) is 17.1 Å². The Bertz CT molecular complexity index is 907. The molecule has 0 spiro atoms. The highest BCUT2D eigenvalue weighted by atomic mass is 15.1. The molecule has 0 aliphatic heterocycles. The zero-order valence-electron chi connectivity index (χ0n) is 19.3. The summed E-state index contributed by atoms with van der Waals surface area (Å²) in [5.74, 6) is 0. The SMILES string of the molecule is Cc1ccc(N(c2ccc(C(C)(C)C)cc2)c2ccc(C(C)(C)C)cc2)c(C)c1. The summed E-state index contributed by atoms with van der Waals surface area (Å²) >= 11 is 0. The molecule has 0 heterocycles. The maximum atomic E-state index is 2.37. The Balaban J connectivity index is 2.12. The molecule has 0 bridgehead atoms. The van der Waals surface area contributed by atoms with Gasteiger partial charge in [-0.15, -0.1) is 0 Å². The molecule has 0 unspecified atom stereocenters. The van der Waals surface area contributed by atoms with Crippen molar-refractivity contribution in [3.63, 3.8) is 0 Å². The van der Waals surface area contributed by atoms with E-state index in [1.54, 1.807) is 0 Å². The van der Waals surface area contributed by atoms with Gasteiger partial charge < -0.3 is 4.90 Å². The van der Waals surface area contributed by atoms with Gasteiger partial charge in [0.1, 0.15) is 0 Å². The molecule has 0 saturated carbocycles. The van der Waals surface area contributed by atoms with Gasteiger partial charge in [0.05, 0.1) is 0 Å². The minimum atomic E-state index is 0.150. The van der Waals surface area contributed by atoms with Crippen LogP contribution < -0.4 is 4.90 Å². The summed E-state index contributed by atoms with van der Waals surface area (Å²) in [7, 11) is 0. The van der Waals surface area contributed by atoms with E-state index >= 15 is 0 Å². The van der Waals surface area contributed by atoms with Crippen LogP contribution in [0.5, 0.6) is 0 Å². The van der Waals surface area contributed by atoms with Crippen molar-refractivity contribution in [1.29, 1.82) is 0 Å². The minimum Gasteiger partial charge on any atom is -0.310 e. The van der Waals surface area contributed by atoms with Gasteiger partial charge in [0.2, 0.25) is 0 Å². The first-order valence-electron chi connectivity index (χ1n) is 10.6. The molecule has 0 radical (unpaired) electrons. The van der Waals surface area contributed by atoms with Gasteiger partial charge in [0.15, 0.2) is 0 Å². The maximum Gasteiger partial charge on any atom is 0.0490 e. The lowest BCUT2D eigenvalue weighted by atomic mass is 9.86. The second-order valence-corrected chi connectivity index (χ2v) is 10.2. The van der Waals surface area contributed by atoms with Crippen molar-refractivity contribution >= 4 is 17.1 Å². The highest BCUT2D eigenvalue weighted by Crippen LogP contribution is 2.38. The van der Waals surface area contributed by atoms with Crippen LogP contribution in [-0.2, 0) is 10.8 Å². The van der Waals surface area contributed by atoms with Crippen molar-refractivity contribution in [2.75, 3.05) is 4.90 Å². The van der Waals surface area contributed by atoms with E-state index in [4.69, 9.17) is 0 Å². The van der Waals surface area contributed by atoms with Gasteiger partial charge in [-0.1, -0.05) is 83.5 Å². The van der Waals surface area contributed by atoms with Crippen molar-refractivity contribution in [3.05, 3.63) is 89.0 Å². The summed E-state index contributed by atoms with van der Waals surface area (Å²) in [5.41, 5.74) is 9.18. The number of rotatable bonds is 3. The van der Waals surface area contributed by atoms with Crippen LogP contribution in [0.2, 0.25) is 0 Å². The molecule has 1 heteroatoms. The smallest absolute Gasteiger partial charge is 0.0490 e. The quantitative estimate of drug-likeness (QED) is 0.437. The standard InChI is InChI=1S/C28H35N/c1-20-9-18-26(21(2)19-20)29(24-14-10-22(11-15-24)27(3,4)5)25-16-12-23(13-17-25)28(6,7)8/h9-19H,1-8H3. The zero-order chi connectivity index (χ0) is 21.4. The van der Waals surface area contributed by atoms with E-state index in [0.717, 1.165) is 0 Å². The molecule has 1 nitrogen and oxygen atoms in total. The Labute approximate surface area is 177 Å². The van der Waals surface area contributed by atoms with Gasteiger partial charge in [0.25, 0.3) is 0 Å². The lowest BCUT2D eigenvalue weighted by Crippen LogP contribution is -2.15. The molecule has 0 aliphatic rings. The lowest BCUT2D eigenvalue weighted by molar-refractivity contribution is 0.590. The van der Waals surface area contributed by atoms with E-state index in [9.17, 15) is 0 Å². The summed E-state index contributed by atoms with van der Waals surface area (Å²) in [5, 5.41) is 0. The van der Waals surface area contributed by atoms with E-state index in [0.29, 0.717) is 0 Å². The largest absolute Gasteiger partial charge is 0.310 e. The number of aryl methyl sites for hydroxylation is 2. The van der Waals surface area contributed by atoms with Crippen molar-refractivity contribution in [3.8, 4) is 0 Å². The first-order valence-corrected chi connectivity index (χ1v) is 10.6. The second kappa shape index (κ2) is 7.71. The number of hydrogen-bond donors (Lipinski definition) is 0. The number of benzene rings is 3. The Kier molecular flexibility index (Phi) is 5.63. The fraction of sp³-hybridized carbons (Fsp3) is 0.357. The molecule has 0 saturated heterocycles. The molecular weight excluding hydrogens is 350 g/mol. The van der Waals surface area contributed by atoms with Gasteiger partial charge >= 0.3 is 0 Å². The summed E-state index contributed by atoms with van der Waals surface area (Å²) in [6.45, 7) is 17.9. The Morgan fingerprint density at radius 3 is 1.31 bits per heavy atom. The average Bonchev–Trinajstić information content (AvgIpc) is 2.63. The summed E-state index contributed by atoms with van der Waals surface area (Å²) in [6, 6.07) is 24.7. The molecule has 29 heavy (non-hydrogen) atoms. The minimum absolute atomic E-state index is 0.150. The third kappa shape index (κ3) is 4.72. The Morgan fingerprint density at radius 2 is 0.966 bits per heavy atom. The van der Waals surface area contributed by atoms with Gasteiger partial charge in [-0.2, -0.15) is 0 Å². The lowest BCUT2D eigenvalue weighted by Gasteiger charge is -2.29. The molecule has 0 amide bonds. The van der Waals surface area contributed by atoms with Crippen LogP contribution in [0, 0.1) is 13.8 Å². The van der Waals surface area contributed by atoms with Crippen molar-refractivity contribution in [1.82, 2.24) is 0 Å². The monoisotopic (exact) mass is 385 g/mol. The van der Waals surface area contributed by atoms with Crippen LogP contribution in [0.15, 0.2) is 66.7 Å². The van der Waals surface area contributed by atoms with Gasteiger partial charge in [0, 0.05) is 17.1 Å². The van der Waals surface area contributed by atoms with Gasteiger partial charge in [-0.25, -0.2) is 0 Å². The van der Waals surface area contributed by atoms with E-state index in [2.05, 4.69) is 127 Å². The molecule has 3 aromatic rings. The fourth-order valence-corrected chi connectivity index (χ4v) is 3.70. The van der Waals surface area contributed by atoms with E-state index < -0.39 is 0 Å². The van der Waals surface area contributed by atoms with E-state index in [-0.39, 0.29) is 10.8 Å². The highest BCUT2D eigenvalue weighted by molar-refractivity contribution is 5.78. The Hall–Kier alpha value is -2.54. The topological polar surface area (TPSA) is 3.24 Å². The van der Waals surface area contributed by atoms with Crippen molar-refractivity contribution in [2.45, 2.75) is 66.2 Å². The third-order valence-electron chi connectivity index (χ3n) is 5.58. The average molecular weight is 386 g/mol. The third-order valence-corrected chi connectivity index (χ3v) is 5.58. The number of nitrogens with zero attached hydrogens (tertiary/aromatic N) is 1. The molecular formula is C28H35N. The predicted molar refractivity (Wildman–Crippen MR) is 128 cm³/mol. The van der Waals surface area contributed by atoms with Crippen LogP contribution >= 0.6 is 0 Å². The van der Waals surface area contributed by atoms with Crippen molar-refractivity contribution < 1.29 is 0 Å². The predicted octanol–water partition coefficient (Wildman–Crippen LogP) is 8.37. The first-order chi connectivity index (χ1) is 13.5. The normalized spacial score (nSPS) is 12.1. The molecule has 0 atom stereocenters. The van der Waals surface area contributed by atoms with Crippen LogP contribution in [0.25, 0.3) is 0 Å². The number of hydrogen-bond acceptors (Lipinski definition) is 1. The van der Waals surface area contributed by atoms with Crippen LogP contribution in [0.1, 0.15) is 63.8 Å². The number of anilines is 3. The molecule has 0 aromatic heterocycles. The van der Waals surface area contributed by atoms with E-state index in [1.165, 1.54) is 39.3 Å². The molecule has 3 aromatic carbocycles. The summed E-state index contributed by atoms with van der Waals surface area (Å²) in [4.78, 5) is 2.37. The molecule has 0 N–H and O–H groups in total. The molecule has 0 aliphatic carbocycles. The van der Waals surface area contributed by atoms with Crippen LogP contribution in [0.3, 0.4) is 0 Å². The molecule has 3 rings (SSSR count). The van der Waals surface area contributed by atoms with Crippen LogP contribution in [-0.4, -0.2) is 0 Å². The van der Waals surface area contributed by atoms with Crippen molar-refractivity contribution in [2.24, 2.45) is 0 Å². The zero-order valence-corrected chi connectivity index (χ0v) is 19.3.